The van der Waals surface area contributed by atoms with E-state index in [4.69, 9.17) is 0 Å². The third-order valence-electron chi connectivity index (χ3n) is 4.05. The normalized spacial score (nSPS) is 11.0. The van der Waals surface area contributed by atoms with E-state index in [1.54, 1.807) is 18.3 Å². The van der Waals surface area contributed by atoms with Crippen LogP contribution in [0.25, 0.3) is 10.9 Å². The minimum Gasteiger partial charge on any atom is -0.326 e. The van der Waals surface area contributed by atoms with Crippen LogP contribution in [0.15, 0.2) is 58.5 Å². The van der Waals surface area contributed by atoms with Gasteiger partial charge in [0.25, 0.3) is 0 Å². The standard InChI is InChI=1S/C22H22N4O2S/c1-14-4-9-20-19(10-14)21(11-15(2)24-20)29-13-22(28)26-23-12-17-5-7-18(8-6-17)25-16(3)27/h4-12H,13H2,1-3H3,(H,25,27)(H,26,28)/b23-12+. The molecule has 3 rings (SSSR count). The summed E-state index contributed by atoms with van der Waals surface area (Å²) in [6, 6.07) is 15.3. The first kappa shape index (κ1) is 20.5. The third kappa shape index (κ3) is 5.89. The highest BCUT2D eigenvalue weighted by atomic mass is 32.2. The Bertz CT molecular complexity index is 1080. The van der Waals surface area contributed by atoms with Gasteiger partial charge in [0.2, 0.25) is 11.8 Å². The van der Waals surface area contributed by atoms with Gasteiger partial charge in [-0.2, -0.15) is 5.10 Å². The fraction of sp³-hybridized carbons (Fsp3) is 0.182. The van der Waals surface area contributed by atoms with Crippen LogP contribution in [0.3, 0.4) is 0 Å². The van der Waals surface area contributed by atoms with Crippen molar-refractivity contribution in [3.8, 4) is 0 Å². The Morgan fingerprint density at radius 2 is 1.86 bits per heavy atom. The van der Waals surface area contributed by atoms with Gasteiger partial charge in [0.1, 0.15) is 0 Å². The zero-order chi connectivity index (χ0) is 20.8. The number of aryl methyl sites for hydroxylation is 2. The molecule has 1 aromatic heterocycles. The molecule has 2 amide bonds. The predicted octanol–water partition coefficient (Wildman–Crippen LogP) is 4.05. The van der Waals surface area contributed by atoms with Crippen LogP contribution in [0, 0.1) is 13.8 Å². The van der Waals surface area contributed by atoms with Crippen LogP contribution >= 0.6 is 11.8 Å². The number of anilines is 1. The SMILES string of the molecule is CC(=O)Nc1ccc(/C=N/NC(=O)CSc2cc(C)nc3ccc(C)cc23)cc1. The molecule has 0 radical (unpaired) electrons. The minimum absolute atomic E-state index is 0.122. The summed E-state index contributed by atoms with van der Waals surface area (Å²) >= 11 is 1.47. The smallest absolute Gasteiger partial charge is 0.250 e. The monoisotopic (exact) mass is 406 g/mol. The summed E-state index contributed by atoms with van der Waals surface area (Å²) in [5.41, 5.74) is 7.08. The van der Waals surface area contributed by atoms with Crippen molar-refractivity contribution in [2.75, 3.05) is 11.1 Å². The van der Waals surface area contributed by atoms with Gasteiger partial charge in [0.05, 0.1) is 17.5 Å². The van der Waals surface area contributed by atoms with Crippen LogP contribution in [-0.2, 0) is 9.59 Å². The summed E-state index contributed by atoms with van der Waals surface area (Å²) in [5.74, 6) is -0.0504. The average Bonchev–Trinajstić information content (AvgIpc) is 2.67. The Balaban J connectivity index is 1.58. The molecule has 148 valence electrons. The highest BCUT2D eigenvalue weighted by Gasteiger charge is 2.08. The lowest BCUT2D eigenvalue weighted by Gasteiger charge is -2.08. The van der Waals surface area contributed by atoms with E-state index in [2.05, 4.69) is 26.9 Å². The largest absolute Gasteiger partial charge is 0.326 e. The molecule has 0 aliphatic carbocycles. The number of rotatable bonds is 6. The number of thioether (sulfide) groups is 1. The molecule has 6 nitrogen and oxygen atoms in total. The van der Waals surface area contributed by atoms with Gasteiger partial charge in [0.15, 0.2) is 0 Å². The second-order valence-electron chi connectivity index (χ2n) is 6.67. The number of carbonyl (C=O) groups is 2. The van der Waals surface area contributed by atoms with E-state index in [-0.39, 0.29) is 17.6 Å². The number of nitrogens with zero attached hydrogens (tertiary/aromatic N) is 2. The molecule has 0 bridgehead atoms. The van der Waals surface area contributed by atoms with Crippen molar-refractivity contribution in [1.29, 1.82) is 0 Å². The molecule has 0 unspecified atom stereocenters. The molecule has 0 atom stereocenters. The van der Waals surface area contributed by atoms with E-state index in [9.17, 15) is 9.59 Å². The molecule has 7 heteroatoms. The molecule has 0 spiro atoms. The summed E-state index contributed by atoms with van der Waals surface area (Å²) in [6.45, 7) is 5.45. The first-order chi connectivity index (χ1) is 13.9. The molecule has 2 N–H and O–H groups in total. The zero-order valence-corrected chi connectivity index (χ0v) is 17.3. The number of amides is 2. The fourth-order valence-corrected chi connectivity index (χ4v) is 3.69. The zero-order valence-electron chi connectivity index (χ0n) is 16.5. The number of fused-ring (bicyclic) bond motifs is 1. The molecule has 3 aromatic rings. The topological polar surface area (TPSA) is 83.5 Å². The first-order valence-electron chi connectivity index (χ1n) is 9.11. The van der Waals surface area contributed by atoms with Crippen LogP contribution in [0.1, 0.15) is 23.7 Å². The molecule has 0 fully saturated rings. The molecular weight excluding hydrogens is 384 g/mol. The van der Waals surface area contributed by atoms with Crippen LogP contribution in [-0.4, -0.2) is 28.8 Å². The highest BCUT2D eigenvalue weighted by molar-refractivity contribution is 8.00. The van der Waals surface area contributed by atoms with Gasteiger partial charge in [-0.25, -0.2) is 5.43 Å². The summed E-state index contributed by atoms with van der Waals surface area (Å²) < 4.78 is 0. The van der Waals surface area contributed by atoms with Crippen molar-refractivity contribution < 1.29 is 9.59 Å². The number of hydrogen-bond donors (Lipinski definition) is 2. The second-order valence-corrected chi connectivity index (χ2v) is 7.68. The maximum atomic E-state index is 12.2. The van der Waals surface area contributed by atoms with E-state index in [0.717, 1.165) is 32.6 Å². The Hall–Kier alpha value is -3.19. The van der Waals surface area contributed by atoms with Gasteiger partial charge < -0.3 is 5.32 Å². The van der Waals surface area contributed by atoms with Crippen molar-refractivity contribution >= 4 is 46.4 Å². The summed E-state index contributed by atoms with van der Waals surface area (Å²) in [6.07, 6.45) is 1.56. The average molecular weight is 407 g/mol. The molecule has 2 aromatic carbocycles. The highest BCUT2D eigenvalue weighted by Crippen LogP contribution is 2.28. The molecular formula is C22H22N4O2S. The van der Waals surface area contributed by atoms with Gasteiger partial charge in [-0.15, -0.1) is 11.8 Å². The number of hydrogen-bond acceptors (Lipinski definition) is 5. The maximum Gasteiger partial charge on any atom is 0.250 e. The molecule has 0 aliphatic heterocycles. The Morgan fingerprint density at radius 3 is 2.59 bits per heavy atom. The van der Waals surface area contributed by atoms with Crippen LogP contribution in [0.4, 0.5) is 5.69 Å². The van der Waals surface area contributed by atoms with Gasteiger partial charge >= 0.3 is 0 Å². The molecule has 0 aliphatic rings. The first-order valence-corrected chi connectivity index (χ1v) is 10.1. The fourth-order valence-electron chi connectivity index (χ4n) is 2.76. The lowest BCUT2D eigenvalue weighted by molar-refractivity contribution is -0.118. The van der Waals surface area contributed by atoms with Gasteiger partial charge in [-0.3, -0.25) is 14.6 Å². The van der Waals surface area contributed by atoms with Gasteiger partial charge in [0, 0.05) is 28.6 Å². The minimum atomic E-state index is -0.184. The number of benzene rings is 2. The van der Waals surface area contributed by atoms with Gasteiger partial charge in [-0.05, 0) is 49.7 Å². The lowest BCUT2D eigenvalue weighted by Crippen LogP contribution is -2.19. The van der Waals surface area contributed by atoms with E-state index in [1.807, 2.05) is 44.2 Å². The predicted molar refractivity (Wildman–Crippen MR) is 118 cm³/mol. The summed E-state index contributed by atoms with van der Waals surface area (Å²) in [4.78, 5) is 28.8. The number of hydrazone groups is 1. The van der Waals surface area contributed by atoms with E-state index in [1.165, 1.54) is 18.7 Å². The summed E-state index contributed by atoms with van der Waals surface area (Å²) in [7, 11) is 0. The third-order valence-corrected chi connectivity index (χ3v) is 5.10. The van der Waals surface area contributed by atoms with E-state index in [0.29, 0.717) is 5.69 Å². The van der Waals surface area contributed by atoms with Crippen molar-refractivity contribution in [3.05, 3.63) is 65.4 Å². The Kier molecular flexibility index (Phi) is 6.61. The van der Waals surface area contributed by atoms with Crippen LogP contribution < -0.4 is 10.7 Å². The molecule has 29 heavy (non-hydrogen) atoms. The van der Waals surface area contributed by atoms with Crippen molar-refractivity contribution in [2.45, 2.75) is 25.7 Å². The Morgan fingerprint density at radius 1 is 1.10 bits per heavy atom. The number of nitrogens with one attached hydrogen (secondary N) is 2. The number of aromatic nitrogens is 1. The van der Waals surface area contributed by atoms with Crippen molar-refractivity contribution in [1.82, 2.24) is 10.4 Å². The van der Waals surface area contributed by atoms with Crippen LogP contribution in [0.5, 0.6) is 0 Å². The van der Waals surface area contributed by atoms with Crippen molar-refractivity contribution in [3.63, 3.8) is 0 Å². The molecule has 0 saturated heterocycles. The van der Waals surface area contributed by atoms with Gasteiger partial charge in [-0.1, -0.05) is 23.8 Å². The molecule has 1 heterocycles. The van der Waals surface area contributed by atoms with Crippen LogP contribution in [0.2, 0.25) is 0 Å². The quantitative estimate of drug-likeness (QED) is 0.367. The maximum absolute atomic E-state index is 12.2. The lowest BCUT2D eigenvalue weighted by atomic mass is 10.1. The van der Waals surface area contributed by atoms with E-state index >= 15 is 0 Å². The number of carbonyl (C=O) groups excluding carboxylic acids is 2. The second kappa shape index (κ2) is 9.34. The number of pyridine rings is 1. The Labute approximate surface area is 173 Å². The van der Waals surface area contributed by atoms with E-state index < -0.39 is 0 Å². The summed E-state index contributed by atoms with van der Waals surface area (Å²) in [5, 5.41) is 7.75. The van der Waals surface area contributed by atoms with Crippen molar-refractivity contribution in [2.24, 2.45) is 5.10 Å². The molecule has 0 saturated carbocycles.